The van der Waals surface area contributed by atoms with Crippen molar-refractivity contribution in [2.75, 3.05) is 40.0 Å². The van der Waals surface area contributed by atoms with Gasteiger partial charge in [0.2, 0.25) is 0 Å². The van der Waals surface area contributed by atoms with E-state index in [0.717, 1.165) is 18.7 Å². The molecule has 1 fully saturated rings. The number of morpholine rings is 1. The summed E-state index contributed by atoms with van der Waals surface area (Å²) in [7, 11) is 1.48. The van der Waals surface area contributed by atoms with Gasteiger partial charge in [0.1, 0.15) is 17.1 Å². The second-order valence-electron chi connectivity index (χ2n) is 8.13. The lowest BCUT2D eigenvalue weighted by molar-refractivity contribution is -0.0503. The minimum atomic E-state index is -2.94. The maximum atomic E-state index is 12.9. The van der Waals surface area contributed by atoms with Gasteiger partial charge < -0.3 is 19.3 Å². The van der Waals surface area contributed by atoms with E-state index in [9.17, 15) is 13.9 Å². The zero-order chi connectivity index (χ0) is 22.9. The molecule has 0 radical (unpaired) electrons. The number of rotatable bonds is 7. The Balaban J connectivity index is 1.67. The summed E-state index contributed by atoms with van der Waals surface area (Å²) < 4.78 is 43.0. The number of ether oxygens (including phenoxy) is 3. The van der Waals surface area contributed by atoms with Crippen LogP contribution in [0.25, 0.3) is 16.9 Å². The van der Waals surface area contributed by atoms with Crippen molar-refractivity contribution in [3.8, 4) is 22.8 Å². The maximum Gasteiger partial charge on any atom is 0.387 e. The molecule has 0 aliphatic carbocycles. The molecular formula is C23H27F2N3O4. The Morgan fingerprint density at radius 2 is 1.94 bits per heavy atom. The molecule has 172 valence electrons. The molecule has 0 amide bonds. The summed E-state index contributed by atoms with van der Waals surface area (Å²) in [6.07, 6.45) is 3.48. The summed E-state index contributed by atoms with van der Waals surface area (Å²) in [6.45, 7) is 3.89. The number of hydrogen-bond donors (Lipinski definition) is 1. The molecule has 2 aromatic heterocycles. The van der Waals surface area contributed by atoms with Gasteiger partial charge in [0, 0.05) is 37.0 Å². The minimum absolute atomic E-state index is 0.0503. The van der Waals surface area contributed by atoms with Gasteiger partial charge in [-0.1, -0.05) is 0 Å². The number of methoxy groups -OCH3 is 1. The monoisotopic (exact) mass is 447 g/mol. The number of imidazole rings is 1. The summed E-state index contributed by atoms with van der Waals surface area (Å²) in [5.41, 5.74) is 2.14. The maximum absolute atomic E-state index is 12.9. The number of halogens is 2. The van der Waals surface area contributed by atoms with Gasteiger partial charge in [-0.3, -0.25) is 9.30 Å². The Labute approximate surface area is 185 Å². The SMILES string of the molecule is COc1cc(-c2cnc3cc(C(C)(O)CN4CCOCC4)ccn23)cc(OC(F)F)c1C. The van der Waals surface area contributed by atoms with E-state index in [2.05, 4.69) is 14.6 Å². The summed E-state index contributed by atoms with van der Waals surface area (Å²) in [5.74, 6) is 0.493. The molecule has 1 N–H and O–H groups in total. The van der Waals surface area contributed by atoms with Gasteiger partial charge in [-0.05, 0) is 43.7 Å². The lowest BCUT2D eigenvalue weighted by atomic mass is 9.96. The van der Waals surface area contributed by atoms with Crippen molar-refractivity contribution in [3.63, 3.8) is 0 Å². The van der Waals surface area contributed by atoms with E-state index in [0.29, 0.717) is 48.0 Å². The number of aliphatic hydroxyl groups is 1. The van der Waals surface area contributed by atoms with Crippen LogP contribution in [0.1, 0.15) is 18.1 Å². The molecule has 1 atom stereocenters. The van der Waals surface area contributed by atoms with Crippen LogP contribution in [-0.4, -0.2) is 66.0 Å². The molecule has 3 aromatic rings. The quantitative estimate of drug-likeness (QED) is 0.598. The lowest BCUT2D eigenvalue weighted by Crippen LogP contribution is -2.44. The number of hydrogen-bond acceptors (Lipinski definition) is 6. The van der Waals surface area contributed by atoms with Crippen molar-refractivity contribution < 1.29 is 28.1 Å². The van der Waals surface area contributed by atoms with E-state index in [1.165, 1.54) is 7.11 Å². The zero-order valence-electron chi connectivity index (χ0n) is 18.3. The third kappa shape index (κ3) is 4.55. The Kier molecular flexibility index (Phi) is 6.32. The van der Waals surface area contributed by atoms with Gasteiger partial charge in [0.05, 0.1) is 37.8 Å². The second kappa shape index (κ2) is 9.01. The number of pyridine rings is 1. The van der Waals surface area contributed by atoms with Crippen molar-refractivity contribution in [3.05, 3.63) is 47.8 Å². The van der Waals surface area contributed by atoms with Gasteiger partial charge in [-0.15, -0.1) is 0 Å². The third-order valence-corrected chi connectivity index (χ3v) is 5.81. The fourth-order valence-corrected chi connectivity index (χ4v) is 4.06. The second-order valence-corrected chi connectivity index (χ2v) is 8.13. The number of nitrogens with zero attached hydrogens (tertiary/aromatic N) is 3. The van der Waals surface area contributed by atoms with Crippen LogP contribution in [0.2, 0.25) is 0 Å². The van der Waals surface area contributed by atoms with Crippen LogP contribution in [0, 0.1) is 6.92 Å². The average Bonchev–Trinajstić information content (AvgIpc) is 3.18. The smallest absolute Gasteiger partial charge is 0.387 e. The van der Waals surface area contributed by atoms with Crippen LogP contribution < -0.4 is 9.47 Å². The fraction of sp³-hybridized carbons (Fsp3) is 0.435. The molecule has 1 unspecified atom stereocenters. The lowest BCUT2D eigenvalue weighted by Gasteiger charge is -2.34. The Morgan fingerprint density at radius 1 is 1.22 bits per heavy atom. The number of aromatic nitrogens is 2. The van der Waals surface area contributed by atoms with Crippen LogP contribution in [0.15, 0.2) is 36.7 Å². The first-order chi connectivity index (χ1) is 15.3. The summed E-state index contributed by atoms with van der Waals surface area (Å²) >= 11 is 0. The van der Waals surface area contributed by atoms with Crippen molar-refractivity contribution in [2.45, 2.75) is 26.1 Å². The van der Waals surface area contributed by atoms with E-state index in [-0.39, 0.29) is 5.75 Å². The van der Waals surface area contributed by atoms with Gasteiger partial charge in [0.25, 0.3) is 0 Å². The van der Waals surface area contributed by atoms with Gasteiger partial charge >= 0.3 is 6.61 Å². The first-order valence-corrected chi connectivity index (χ1v) is 10.4. The molecule has 0 bridgehead atoms. The highest BCUT2D eigenvalue weighted by atomic mass is 19.3. The molecule has 0 spiro atoms. The highest BCUT2D eigenvalue weighted by Crippen LogP contribution is 2.36. The highest BCUT2D eigenvalue weighted by Gasteiger charge is 2.28. The number of benzene rings is 1. The molecule has 0 saturated carbocycles. The average molecular weight is 447 g/mol. The number of β-amino-alcohol motifs (C(OH)–C–C–N with tert-alkyl or cyclic N) is 1. The van der Waals surface area contributed by atoms with Gasteiger partial charge in [-0.2, -0.15) is 8.78 Å². The fourth-order valence-electron chi connectivity index (χ4n) is 4.06. The van der Waals surface area contributed by atoms with Crippen LogP contribution in [0.4, 0.5) is 8.78 Å². The minimum Gasteiger partial charge on any atom is -0.496 e. The van der Waals surface area contributed by atoms with Crippen LogP contribution >= 0.6 is 0 Å². The zero-order valence-corrected chi connectivity index (χ0v) is 18.3. The molecule has 3 heterocycles. The molecule has 1 aliphatic heterocycles. The molecule has 7 nitrogen and oxygen atoms in total. The molecular weight excluding hydrogens is 420 g/mol. The standard InChI is InChI=1S/C23H27F2N3O4/c1-15-19(30-3)10-16(11-20(15)32-22(24)25)18-13-26-21-12-17(4-5-28(18)21)23(2,29)14-27-6-8-31-9-7-27/h4-5,10-13,22,29H,6-9,14H2,1-3H3. The molecule has 9 heteroatoms. The van der Waals surface area contributed by atoms with E-state index >= 15 is 0 Å². The molecule has 1 aromatic carbocycles. The molecule has 32 heavy (non-hydrogen) atoms. The first kappa shape index (κ1) is 22.4. The molecule has 1 saturated heterocycles. The van der Waals surface area contributed by atoms with Crippen LogP contribution in [-0.2, 0) is 10.3 Å². The Hall–Kier alpha value is -2.75. The van der Waals surface area contributed by atoms with Crippen LogP contribution in [0.3, 0.4) is 0 Å². The third-order valence-electron chi connectivity index (χ3n) is 5.81. The topological polar surface area (TPSA) is 68.5 Å². The normalized spacial score (nSPS) is 17.0. The van der Waals surface area contributed by atoms with E-state index < -0.39 is 12.2 Å². The summed E-state index contributed by atoms with van der Waals surface area (Å²) in [4.78, 5) is 6.65. The predicted octanol–water partition coefficient (Wildman–Crippen LogP) is 3.46. The molecule has 1 aliphatic rings. The summed E-state index contributed by atoms with van der Waals surface area (Å²) in [5, 5.41) is 11.1. The van der Waals surface area contributed by atoms with Crippen LogP contribution in [0.5, 0.6) is 11.5 Å². The van der Waals surface area contributed by atoms with Crippen molar-refractivity contribution in [2.24, 2.45) is 0 Å². The number of alkyl halides is 2. The molecule has 4 rings (SSSR count). The van der Waals surface area contributed by atoms with E-state index in [1.807, 2.05) is 22.7 Å². The van der Waals surface area contributed by atoms with Gasteiger partial charge in [0.15, 0.2) is 0 Å². The van der Waals surface area contributed by atoms with E-state index in [1.54, 1.807) is 32.2 Å². The number of fused-ring (bicyclic) bond motifs is 1. The Morgan fingerprint density at radius 3 is 2.62 bits per heavy atom. The largest absolute Gasteiger partial charge is 0.496 e. The Bertz CT molecular complexity index is 1090. The van der Waals surface area contributed by atoms with Gasteiger partial charge in [-0.25, -0.2) is 4.98 Å². The van der Waals surface area contributed by atoms with Crippen molar-refractivity contribution in [1.29, 1.82) is 0 Å². The van der Waals surface area contributed by atoms with E-state index in [4.69, 9.17) is 9.47 Å². The van der Waals surface area contributed by atoms with Crippen molar-refractivity contribution >= 4 is 5.65 Å². The summed E-state index contributed by atoms with van der Waals surface area (Å²) in [6, 6.07) is 7.00. The highest BCUT2D eigenvalue weighted by molar-refractivity contribution is 5.69. The first-order valence-electron chi connectivity index (χ1n) is 10.4. The van der Waals surface area contributed by atoms with Crippen molar-refractivity contribution in [1.82, 2.24) is 14.3 Å². The predicted molar refractivity (Wildman–Crippen MR) is 115 cm³/mol.